The number of carbonyl (C=O) groups is 1. The first kappa shape index (κ1) is 7.08. The van der Waals surface area contributed by atoms with Crippen molar-refractivity contribution in [2.24, 2.45) is 0 Å². The van der Waals surface area contributed by atoms with E-state index in [1.807, 2.05) is 0 Å². The number of rotatable bonds is 3. The molecule has 0 atom stereocenters. The lowest BCUT2D eigenvalue weighted by molar-refractivity contribution is -0.221. The fraction of sp³-hybridized carbons (Fsp3) is 0.500. The predicted octanol–water partition coefficient (Wildman–Crippen LogP) is 0.697. The molecule has 0 aromatic heterocycles. The molecule has 56 valence electrons. The molecule has 4 heteroatoms. The molecule has 1 rings (SSSR count). The fourth-order valence-corrected chi connectivity index (χ4v) is 0.644. The largest absolute Gasteiger partial charge is 0.481 e. The van der Waals surface area contributed by atoms with Gasteiger partial charge in [-0.25, -0.2) is 0 Å². The monoisotopic (exact) mass is 144 g/mol. The van der Waals surface area contributed by atoms with E-state index in [4.69, 9.17) is 5.11 Å². The van der Waals surface area contributed by atoms with E-state index in [1.54, 1.807) is 0 Å². The zero-order valence-corrected chi connectivity index (χ0v) is 5.37. The molecular weight excluding hydrogens is 136 g/mol. The maximum Gasteiger partial charge on any atom is 0.303 e. The second-order valence-corrected chi connectivity index (χ2v) is 2.03. The Morgan fingerprint density at radius 2 is 2.60 bits per heavy atom. The normalized spacial score (nSPS) is 16.2. The van der Waals surface area contributed by atoms with Crippen molar-refractivity contribution in [2.75, 3.05) is 6.61 Å². The zero-order chi connectivity index (χ0) is 7.40. The zero-order valence-electron chi connectivity index (χ0n) is 5.37. The maximum absolute atomic E-state index is 10.0. The van der Waals surface area contributed by atoms with Crippen molar-refractivity contribution in [1.29, 1.82) is 0 Å². The molecule has 1 heterocycles. The number of aliphatic carboxylic acids is 1. The Labute approximate surface area is 58.0 Å². The van der Waals surface area contributed by atoms with Gasteiger partial charge in [-0.15, -0.1) is 0 Å². The summed E-state index contributed by atoms with van der Waals surface area (Å²) in [5, 5.41) is 8.26. The molecule has 4 nitrogen and oxygen atoms in total. The van der Waals surface area contributed by atoms with Crippen LogP contribution in [0.1, 0.15) is 12.8 Å². The molecule has 1 N–H and O–H groups in total. The minimum absolute atomic E-state index is 0.137. The van der Waals surface area contributed by atoms with Crippen LogP contribution < -0.4 is 0 Å². The van der Waals surface area contributed by atoms with Crippen LogP contribution >= 0.6 is 0 Å². The third-order valence-electron chi connectivity index (χ3n) is 1.19. The molecule has 0 unspecified atom stereocenters. The van der Waals surface area contributed by atoms with Gasteiger partial charge in [-0.2, -0.15) is 4.89 Å². The third kappa shape index (κ3) is 2.06. The number of hydrogen-bond donors (Lipinski definition) is 1. The highest BCUT2D eigenvalue weighted by Crippen LogP contribution is 2.11. The summed E-state index contributed by atoms with van der Waals surface area (Å²) in [7, 11) is 0. The minimum Gasteiger partial charge on any atom is -0.481 e. The lowest BCUT2D eigenvalue weighted by Gasteiger charge is -1.91. The van der Waals surface area contributed by atoms with Gasteiger partial charge in [0.25, 0.3) is 0 Å². The summed E-state index contributed by atoms with van der Waals surface area (Å²) < 4.78 is 0. The van der Waals surface area contributed by atoms with Gasteiger partial charge in [0.05, 0.1) is 0 Å². The lowest BCUT2D eigenvalue weighted by Crippen LogP contribution is -1.96. The summed E-state index contributed by atoms with van der Waals surface area (Å²) >= 11 is 0. The highest BCUT2D eigenvalue weighted by atomic mass is 17.2. The van der Waals surface area contributed by atoms with Crippen molar-refractivity contribution in [3.63, 3.8) is 0 Å². The molecule has 0 amide bonds. The van der Waals surface area contributed by atoms with Crippen LogP contribution in [0.3, 0.4) is 0 Å². The van der Waals surface area contributed by atoms with Gasteiger partial charge in [0.15, 0.2) is 0 Å². The number of hydrogen-bond acceptors (Lipinski definition) is 3. The van der Waals surface area contributed by atoms with Gasteiger partial charge in [-0.3, -0.25) is 4.79 Å². The van der Waals surface area contributed by atoms with Gasteiger partial charge < -0.3 is 9.99 Å². The minimum atomic E-state index is -0.798. The second kappa shape index (κ2) is 3.22. The lowest BCUT2D eigenvalue weighted by atomic mass is 10.2. The smallest absolute Gasteiger partial charge is 0.303 e. The average molecular weight is 144 g/mol. The summed E-state index contributed by atoms with van der Waals surface area (Å²) in [5.41, 5.74) is 0.891. The van der Waals surface area contributed by atoms with Gasteiger partial charge in [0.2, 0.25) is 0 Å². The Kier molecular flexibility index (Phi) is 2.28. The van der Waals surface area contributed by atoms with Crippen molar-refractivity contribution < 1.29 is 19.7 Å². The first-order valence-electron chi connectivity index (χ1n) is 2.97. The second-order valence-electron chi connectivity index (χ2n) is 2.03. The molecule has 0 bridgehead atoms. The summed E-state index contributed by atoms with van der Waals surface area (Å²) in [4.78, 5) is 19.0. The maximum atomic E-state index is 10.0. The van der Waals surface area contributed by atoms with Crippen LogP contribution in [0, 0.1) is 0 Å². The van der Waals surface area contributed by atoms with Crippen LogP contribution in [0.5, 0.6) is 0 Å². The van der Waals surface area contributed by atoms with E-state index in [9.17, 15) is 4.79 Å². The molecule has 0 aliphatic carbocycles. The SMILES string of the molecule is O=C(O)CCC1=COOC1. The molecule has 0 saturated heterocycles. The number of carboxylic acids is 1. The van der Waals surface area contributed by atoms with E-state index in [0.717, 1.165) is 5.57 Å². The van der Waals surface area contributed by atoms with Crippen LogP contribution in [0.4, 0.5) is 0 Å². The van der Waals surface area contributed by atoms with E-state index >= 15 is 0 Å². The molecule has 0 aromatic rings. The molecule has 10 heavy (non-hydrogen) atoms. The summed E-state index contributed by atoms with van der Waals surface area (Å²) in [5.74, 6) is -0.798. The van der Waals surface area contributed by atoms with E-state index in [1.165, 1.54) is 6.26 Å². The highest BCUT2D eigenvalue weighted by molar-refractivity contribution is 5.67. The van der Waals surface area contributed by atoms with Gasteiger partial charge >= 0.3 is 5.97 Å². The Balaban J connectivity index is 2.19. The predicted molar refractivity (Wildman–Crippen MR) is 32.0 cm³/mol. The quantitative estimate of drug-likeness (QED) is 0.592. The van der Waals surface area contributed by atoms with Crippen LogP contribution in [0.25, 0.3) is 0 Å². The van der Waals surface area contributed by atoms with Crippen LogP contribution in [-0.4, -0.2) is 17.7 Å². The van der Waals surface area contributed by atoms with Gasteiger partial charge in [0.1, 0.15) is 12.9 Å². The highest BCUT2D eigenvalue weighted by Gasteiger charge is 2.07. The van der Waals surface area contributed by atoms with E-state index in [-0.39, 0.29) is 6.42 Å². The Hall–Kier alpha value is -1.03. The molecule has 0 fully saturated rings. The molecule has 1 aliphatic heterocycles. The van der Waals surface area contributed by atoms with Crippen LogP contribution in [0.2, 0.25) is 0 Å². The molecule has 0 saturated carbocycles. The molecule has 1 aliphatic rings. The van der Waals surface area contributed by atoms with Crippen LogP contribution in [-0.2, 0) is 14.6 Å². The summed E-state index contributed by atoms with van der Waals surface area (Å²) in [6.45, 7) is 0.396. The van der Waals surface area contributed by atoms with Gasteiger partial charge in [-0.05, 0) is 12.0 Å². The molecule has 0 spiro atoms. The summed E-state index contributed by atoms with van der Waals surface area (Å²) in [6.07, 6.45) is 2.09. The molecular formula is C6H8O4. The Morgan fingerprint density at radius 1 is 1.80 bits per heavy atom. The standard InChI is InChI=1S/C6H8O4/c7-6(8)2-1-5-3-9-10-4-5/h3H,1-2,4H2,(H,7,8). The van der Waals surface area contributed by atoms with E-state index < -0.39 is 5.97 Å². The third-order valence-corrected chi connectivity index (χ3v) is 1.19. The van der Waals surface area contributed by atoms with E-state index in [0.29, 0.717) is 13.0 Å². The van der Waals surface area contributed by atoms with Gasteiger partial charge in [0, 0.05) is 6.42 Å². The van der Waals surface area contributed by atoms with Crippen molar-refractivity contribution in [3.8, 4) is 0 Å². The van der Waals surface area contributed by atoms with Crippen molar-refractivity contribution in [1.82, 2.24) is 0 Å². The van der Waals surface area contributed by atoms with Crippen molar-refractivity contribution >= 4 is 5.97 Å². The fourth-order valence-electron chi connectivity index (χ4n) is 0.644. The summed E-state index contributed by atoms with van der Waals surface area (Å²) in [6, 6.07) is 0. The van der Waals surface area contributed by atoms with Crippen molar-refractivity contribution in [3.05, 3.63) is 11.8 Å². The van der Waals surface area contributed by atoms with Crippen LogP contribution in [0.15, 0.2) is 11.8 Å². The molecule has 0 aromatic carbocycles. The Bertz CT molecular complexity index is 161. The first-order chi connectivity index (χ1) is 4.79. The molecule has 0 radical (unpaired) electrons. The van der Waals surface area contributed by atoms with Gasteiger partial charge in [-0.1, -0.05) is 0 Å². The van der Waals surface area contributed by atoms with E-state index in [2.05, 4.69) is 9.78 Å². The average Bonchev–Trinajstić information content (AvgIpc) is 2.34. The topological polar surface area (TPSA) is 55.8 Å². The number of carboxylic acid groups (broad SMARTS) is 1. The Morgan fingerprint density at radius 3 is 3.10 bits per heavy atom. The first-order valence-corrected chi connectivity index (χ1v) is 2.97. The van der Waals surface area contributed by atoms with Crippen molar-refractivity contribution in [2.45, 2.75) is 12.8 Å².